The highest BCUT2D eigenvalue weighted by molar-refractivity contribution is 9.09. The Hall–Kier alpha value is -1.38. The monoisotopic (exact) mass is 442 g/mol. The SMILES string of the molecule is BrCCc1ccc(-c2ccc(-c3ccc(CCBr)cc3)cc2)cc1. The summed E-state index contributed by atoms with van der Waals surface area (Å²) in [5, 5.41) is 2.02. The summed E-state index contributed by atoms with van der Waals surface area (Å²) < 4.78 is 0. The average Bonchev–Trinajstić information content (AvgIpc) is 2.64. The van der Waals surface area contributed by atoms with Crippen LogP contribution in [-0.4, -0.2) is 10.7 Å². The fraction of sp³-hybridized carbons (Fsp3) is 0.182. The van der Waals surface area contributed by atoms with E-state index in [9.17, 15) is 0 Å². The van der Waals surface area contributed by atoms with E-state index in [1.54, 1.807) is 0 Å². The molecule has 0 N–H and O–H groups in total. The van der Waals surface area contributed by atoms with E-state index in [0.717, 1.165) is 23.5 Å². The van der Waals surface area contributed by atoms with Crippen LogP contribution < -0.4 is 0 Å². The molecule has 3 aromatic carbocycles. The van der Waals surface area contributed by atoms with Crippen LogP contribution in [0.4, 0.5) is 0 Å². The van der Waals surface area contributed by atoms with Crippen LogP contribution in [0.3, 0.4) is 0 Å². The van der Waals surface area contributed by atoms with Crippen LogP contribution in [-0.2, 0) is 12.8 Å². The van der Waals surface area contributed by atoms with Gasteiger partial charge in [-0.15, -0.1) is 0 Å². The highest BCUT2D eigenvalue weighted by atomic mass is 79.9. The summed E-state index contributed by atoms with van der Waals surface area (Å²) in [6.45, 7) is 0. The van der Waals surface area contributed by atoms with Crippen molar-refractivity contribution in [1.29, 1.82) is 0 Å². The molecule has 3 rings (SSSR count). The minimum atomic E-state index is 1.01. The summed E-state index contributed by atoms with van der Waals surface area (Å²) >= 11 is 6.98. The molecular formula is C22H20Br2. The Balaban J connectivity index is 1.77. The molecule has 3 aromatic rings. The molecule has 0 saturated heterocycles. The minimum Gasteiger partial charge on any atom is -0.0924 e. The van der Waals surface area contributed by atoms with Crippen LogP contribution in [0, 0.1) is 0 Å². The predicted molar refractivity (Wildman–Crippen MR) is 112 cm³/mol. The number of alkyl halides is 2. The van der Waals surface area contributed by atoms with Crippen molar-refractivity contribution in [1.82, 2.24) is 0 Å². The van der Waals surface area contributed by atoms with Gasteiger partial charge in [0.25, 0.3) is 0 Å². The molecule has 0 nitrogen and oxygen atoms in total. The van der Waals surface area contributed by atoms with Gasteiger partial charge in [0, 0.05) is 10.7 Å². The van der Waals surface area contributed by atoms with Gasteiger partial charge in [-0.3, -0.25) is 0 Å². The molecule has 0 aliphatic rings. The molecule has 0 heterocycles. The second-order valence-corrected chi connectivity index (χ2v) is 7.44. The molecule has 0 unspecified atom stereocenters. The van der Waals surface area contributed by atoms with Gasteiger partial charge in [0.15, 0.2) is 0 Å². The topological polar surface area (TPSA) is 0 Å². The lowest BCUT2D eigenvalue weighted by Gasteiger charge is -2.07. The third kappa shape index (κ3) is 4.37. The molecule has 0 amide bonds. The maximum absolute atomic E-state index is 3.49. The summed E-state index contributed by atoms with van der Waals surface area (Å²) in [5.74, 6) is 0. The Bertz CT molecular complexity index is 688. The van der Waals surface area contributed by atoms with Crippen LogP contribution in [0.1, 0.15) is 11.1 Å². The smallest absolute Gasteiger partial charge is 0.00718 e. The van der Waals surface area contributed by atoms with Crippen LogP contribution in [0.15, 0.2) is 72.8 Å². The Morgan fingerprint density at radius 1 is 0.417 bits per heavy atom. The number of hydrogen-bond acceptors (Lipinski definition) is 0. The molecule has 2 heteroatoms. The zero-order valence-electron chi connectivity index (χ0n) is 13.5. The van der Waals surface area contributed by atoms with Gasteiger partial charge >= 0.3 is 0 Å². The Kier molecular flexibility index (Phi) is 6.28. The Labute approximate surface area is 161 Å². The van der Waals surface area contributed by atoms with Gasteiger partial charge in [-0.1, -0.05) is 105 Å². The number of aryl methyl sites for hydroxylation is 2. The van der Waals surface area contributed by atoms with Crippen molar-refractivity contribution in [3.05, 3.63) is 83.9 Å². The summed E-state index contributed by atoms with van der Waals surface area (Å²) in [6, 6.07) is 26.5. The van der Waals surface area contributed by atoms with E-state index in [2.05, 4.69) is 105 Å². The van der Waals surface area contributed by atoms with E-state index in [1.807, 2.05) is 0 Å². The standard InChI is InChI=1S/C22H20Br2/c23-15-13-17-1-5-19(6-2-17)21-9-11-22(12-10-21)20-7-3-18(4-8-20)14-16-24/h1-12H,13-16H2. The molecule has 0 fully saturated rings. The van der Waals surface area contributed by atoms with E-state index < -0.39 is 0 Å². The highest BCUT2D eigenvalue weighted by Gasteiger charge is 2.01. The van der Waals surface area contributed by atoms with E-state index in [4.69, 9.17) is 0 Å². The van der Waals surface area contributed by atoms with Crippen molar-refractivity contribution in [2.24, 2.45) is 0 Å². The first-order valence-electron chi connectivity index (χ1n) is 8.21. The highest BCUT2D eigenvalue weighted by Crippen LogP contribution is 2.25. The van der Waals surface area contributed by atoms with Crippen molar-refractivity contribution < 1.29 is 0 Å². The maximum Gasteiger partial charge on any atom is 0.00718 e. The third-order valence-corrected chi connectivity index (χ3v) is 5.02. The Morgan fingerprint density at radius 2 is 0.667 bits per heavy atom. The average molecular weight is 444 g/mol. The number of benzene rings is 3. The number of rotatable bonds is 6. The lowest BCUT2D eigenvalue weighted by Crippen LogP contribution is -1.87. The molecule has 0 bridgehead atoms. The zero-order chi connectivity index (χ0) is 16.8. The summed E-state index contributed by atoms with van der Waals surface area (Å²) in [6.07, 6.45) is 2.15. The summed E-state index contributed by atoms with van der Waals surface area (Å²) in [7, 11) is 0. The molecule has 0 radical (unpaired) electrons. The molecule has 0 aliphatic carbocycles. The van der Waals surface area contributed by atoms with E-state index in [1.165, 1.54) is 33.4 Å². The van der Waals surface area contributed by atoms with Crippen LogP contribution >= 0.6 is 31.9 Å². The fourth-order valence-corrected chi connectivity index (χ4v) is 3.72. The molecule has 0 saturated carbocycles. The van der Waals surface area contributed by atoms with Crippen LogP contribution in [0.25, 0.3) is 22.3 Å². The summed E-state index contributed by atoms with van der Waals surface area (Å²) in [4.78, 5) is 0. The van der Waals surface area contributed by atoms with Gasteiger partial charge < -0.3 is 0 Å². The quantitative estimate of drug-likeness (QED) is 0.363. The molecule has 0 spiro atoms. The van der Waals surface area contributed by atoms with E-state index in [0.29, 0.717) is 0 Å². The normalized spacial score (nSPS) is 10.8. The van der Waals surface area contributed by atoms with Crippen molar-refractivity contribution in [3.8, 4) is 22.3 Å². The van der Waals surface area contributed by atoms with Crippen molar-refractivity contribution in [2.75, 3.05) is 10.7 Å². The second kappa shape index (κ2) is 8.64. The zero-order valence-corrected chi connectivity index (χ0v) is 16.7. The fourth-order valence-electron chi connectivity index (χ4n) is 2.80. The first kappa shape index (κ1) is 17.4. The van der Waals surface area contributed by atoms with Crippen LogP contribution in [0.2, 0.25) is 0 Å². The molecule has 0 aromatic heterocycles. The molecule has 24 heavy (non-hydrogen) atoms. The Morgan fingerprint density at radius 3 is 0.917 bits per heavy atom. The van der Waals surface area contributed by atoms with Gasteiger partial charge in [0.2, 0.25) is 0 Å². The molecule has 122 valence electrons. The van der Waals surface area contributed by atoms with Crippen molar-refractivity contribution >= 4 is 31.9 Å². The van der Waals surface area contributed by atoms with Gasteiger partial charge in [-0.2, -0.15) is 0 Å². The molecule has 0 aliphatic heterocycles. The summed E-state index contributed by atoms with van der Waals surface area (Å²) in [5.41, 5.74) is 7.81. The third-order valence-electron chi connectivity index (χ3n) is 4.23. The van der Waals surface area contributed by atoms with Crippen molar-refractivity contribution in [3.63, 3.8) is 0 Å². The van der Waals surface area contributed by atoms with E-state index in [-0.39, 0.29) is 0 Å². The van der Waals surface area contributed by atoms with Gasteiger partial charge in [0.1, 0.15) is 0 Å². The first-order valence-corrected chi connectivity index (χ1v) is 10.4. The lowest BCUT2D eigenvalue weighted by atomic mass is 9.98. The number of halogens is 2. The van der Waals surface area contributed by atoms with Gasteiger partial charge in [-0.05, 0) is 46.2 Å². The molecule has 0 atom stereocenters. The van der Waals surface area contributed by atoms with Gasteiger partial charge in [0.05, 0.1) is 0 Å². The predicted octanol–water partition coefficient (Wildman–Crippen LogP) is 6.90. The lowest BCUT2D eigenvalue weighted by molar-refractivity contribution is 1.17. The molecular weight excluding hydrogens is 424 g/mol. The second-order valence-electron chi connectivity index (χ2n) is 5.85. The maximum atomic E-state index is 3.49. The van der Waals surface area contributed by atoms with Crippen LogP contribution in [0.5, 0.6) is 0 Å². The largest absolute Gasteiger partial charge is 0.0924 e. The van der Waals surface area contributed by atoms with E-state index >= 15 is 0 Å². The minimum absolute atomic E-state index is 1.01. The van der Waals surface area contributed by atoms with Gasteiger partial charge in [-0.25, -0.2) is 0 Å². The number of hydrogen-bond donors (Lipinski definition) is 0. The first-order chi connectivity index (χ1) is 11.8. The van der Waals surface area contributed by atoms with Crippen molar-refractivity contribution in [2.45, 2.75) is 12.8 Å².